The maximum absolute atomic E-state index is 6.23. The van der Waals surface area contributed by atoms with Gasteiger partial charge in [-0.3, -0.25) is 4.90 Å². The molecule has 4 nitrogen and oxygen atoms in total. The van der Waals surface area contributed by atoms with Crippen molar-refractivity contribution < 1.29 is 4.74 Å². The maximum atomic E-state index is 6.23. The van der Waals surface area contributed by atoms with Gasteiger partial charge in [-0.15, -0.1) is 0 Å². The average Bonchev–Trinajstić information content (AvgIpc) is 2.92. The summed E-state index contributed by atoms with van der Waals surface area (Å²) in [7, 11) is 1.73. The molecule has 0 spiro atoms. The van der Waals surface area contributed by atoms with Crippen LogP contribution in [0.5, 0.6) is 5.75 Å². The molecule has 1 aromatic rings. The Hall–Kier alpha value is -1.26. The maximum Gasteiger partial charge on any atom is 0.125 e. The van der Waals surface area contributed by atoms with E-state index in [4.69, 9.17) is 10.5 Å². The van der Waals surface area contributed by atoms with Crippen LogP contribution in [0.4, 0.5) is 5.69 Å². The number of ether oxygens (including phenoxy) is 1. The third-order valence-corrected chi connectivity index (χ3v) is 4.97. The number of anilines is 1. The molecule has 0 amide bonds. The van der Waals surface area contributed by atoms with Crippen LogP contribution in [-0.4, -0.2) is 43.7 Å². The Morgan fingerprint density at radius 3 is 2.86 bits per heavy atom. The minimum atomic E-state index is -0.0232. The van der Waals surface area contributed by atoms with E-state index in [1.165, 1.54) is 25.1 Å². The van der Waals surface area contributed by atoms with Crippen molar-refractivity contribution in [3.8, 4) is 5.75 Å². The van der Waals surface area contributed by atoms with Gasteiger partial charge in [0, 0.05) is 42.5 Å². The van der Waals surface area contributed by atoms with Gasteiger partial charge < -0.3 is 15.4 Å². The highest BCUT2D eigenvalue weighted by Crippen LogP contribution is 2.37. The lowest BCUT2D eigenvalue weighted by atomic mass is 10.0. The fraction of sp³-hybridized carbons (Fsp3) is 0.647. The number of rotatable bonds is 3. The predicted molar refractivity (Wildman–Crippen MR) is 87.0 cm³/mol. The predicted octanol–water partition coefficient (Wildman–Crippen LogP) is 2.39. The molecular weight excluding hydrogens is 262 g/mol. The topological polar surface area (TPSA) is 41.7 Å². The monoisotopic (exact) mass is 289 g/mol. The summed E-state index contributed by atoms with van der Waals surface area (Å²) in [6.07, 6.45) is 2.66. The van der Waals surface area contributed by atoms with Crippen LogP contribution in [0.3, 0.4) is 0 Å². The number of piperazine rings is 1. The number of hydrogen-bond acceptors (Lipinski definition) is 4. The van der Waals surface area contributed by atoms with E-state index in [1.807, 2.05) is 13.0 Å². The molecule has 2 aliphatic rings. The first-order chi connectivity index (χ1) is 10.1. The van der Waals surface area contributed by atoms with Gasteiger partial charge in [-0.1, -0.05) is 6.07 Å². The van der Waals surface area contributed by atoms with Crippen LogP contribution >= 0.6 is 0 Å². The van der Waals surface area contributed by atoms with E-state index in [1.54, 1.807) is 7.11 Å². The van der Waals surface area contributed by atoms with Crippen LogP contribution in [0, 0.1) is 0 Å². The fourth-order valence-electron chi connectivity index (χ4n) is 3.94. The van der Waals surface area contributed by atoms with E-state index in [-0.39, 0.29) is 6.04 Å². The molecule has 0 aliphatic carbocycles. The smallest absolute Gasteiger partial charge is 0.125 e. The molecule has 1 aromatic carbocycles. The molecule has 2 aliphatic heterocycles. The Morgan fingerprint density at radius 1 is 1.33 bits per heavy atom. The summed E-state index contributed by atoms with van der Waals surface area (Å²) >= 11 is 0. The zero-order valence-corrected chi connectivity index (χ0v) is 13.4. The third-order valence-electron chi connectivity index (χ3n) is 4.97. The van der Waals surface area contributed by atoms with Crippen molar-refractivity contribution in [2.45, 2.75) is 44.8 Å². The number of fused-ring (bicyclic) bond motifs is 1. The normalized spacial score (nSPS) is 27.5. The number of nitrogens with zero attached hydrogens (tertiary/aromatic N) is 2. The van der Waals surface area contributed by atoms with Gasteiger partial charge in [0.05, 0.1) is 7.11 Å². The minimum Gasteiger partial charge on any atom is -0.496 e. The number of methoxy groups -OCH3 is 1. The van der Waals surface area contributed by atoms with Gasteiger partial charge in [0.25, 0.3) is 0 Å². The van der Waals surface area contributed by atoms with E-state index < -0.39 is 0 Å². The van der Waals surface area contributed by atoms with Gasteiger partial charge in [-0.05, 0) is 45.4 Å². The van der Waals surface area contributed by atoms with Gasteiger partial charge in [0.2, 0.25) is 0 Å². The van der Waals surface area contributed by atoms with Crippen molar-refractivity contribution in [1.82, 2.24) is 4.90 Å². The van der Waals surface area contributed by atoms with Crippen molar-refractivity contribution in [3.63, 3.8) is 0 Å². The summed E-state index contributed by atoms with van der Waals surface area (Å²) < 4.78 is 5.54. The Labute approximate surface area is 127 Å². The molecule has 116 valence electrons. The molecule has 2 saturated heterocycles. The summed E-state index contributed by atoms with van der Waals surface area (Å²) in [6, 6.07) is 7.48. The number of hydrogen-bond donors (Lipinski definition) is 1. The van der Waals surface area contributed by atoms with Crippen LogP contribution in [-0.2, 0) is 0 Å². The van der Waals surface area contributed by atoms with E-state index >= 15 is 0 Å². The fourth-order valence-corrected chi connectivity index (χ4v) is 3.94. The lowest BCUT2D eigenvalue weighted by Gasteiger charge is -2.44. The molecule has 0 aromatic heterocycles. The van der Waals surface area contributed by atoms with Crippen molar-refractivity contribution in [1.29, 1.82) is 0 Å². The molecule has 3 unspecified atom stereocenters. The first-order valence-corrected chi connectivity index (χ1v) is 8.05. The highest BCUT2D eigenvalue weighted by molar-refractivity contribution is 5.61. The third kappa shape index (κ3) is 2.62. The van der Waals surface area contributed by atoms with Gasteiger partial charge in [0.15, 0.2) is 0 Å². The van der Waals surface area contributed by atoms with Crippen molar-refractivity contribution in [2.75, 3.05) is 31.6 Å². The first kappa shape index (κ1) is 14.7. The van der Waals surface area contributed by atoms with E-state index in [2.05, 4.69) is 28.9 Å². The Bertz CT molecular complexity index is 503. The average molecular weight is 289 g/mol. The summed E-state index contributed by atoms with van der Waals surface area (Å²) in [5, 5.41) is 0. The second-order valence-corrected chi connectivity index (χ2v) is 6.47. The number of benzene rings is 1. The SMILES string of the molecule is COc1cccc(N2CC3CCCN3CC2C)c1C(C)N. The molecule has 3 atom stereocenters. The molecule has 0 bridgehead atoms. The number of nitrogens with two attached hydrogens (primary N) is 1. The zero-order valence-electron chi connectivity index (χ0n) is 13.4. The second kappa shape index (κ2) is 5.85. The van der Waals surface area contributed by atoms with Crippen molar-refractivity contribution >= 4 is 5.69 Å². The van der Waals surface area contributed by atoms with Gasteiger partial charge >= 0.3 is 0 Å². The summed E-state index contributed by atoms with van der Waals surface area (Å²) in [6.45, 7) is 7.88. The summed E-state index contributed by atoms with van der Waals surface area (Å²) in [4.78, 5) is 5.18. The van der Waals surface area contributed by atoms with E-state index in [9.17, 15) is 0 Å². The van der Waals surface area contributed by atoms with Crippen molar-refractivity contribution in [2.24, 2.45) is 5.73 Å². The molecule has 4 heteroatoms. The minimum absolute atomic E-state index is 0.0232. The van der Waals surface area contributed by atoms with Crippen LogP contribution in [0.2, 0.25) is 0 Å². The van der Waals surface area contributed by atoms with Crippen LogP contribution in [0.15, 0.2) is 18.2 Å². The van der Waals surface area contributed by atoms with Crippen LogP contribution in [0.1, 0.15) is 38.3 Å². The second-order valence-electron chi connectivity index (χ2n) is 6.47. The summed E-state index contributed by atoms with van der Waals surface area (Å²) in [5.74, 6) is 0.906. The molecule has 0 radical (unpaired) electrons. The van der Waals surface area contributed by atoms with Crippen molar-refractivity contribution in [3.05, 3.63) is 23.8 Å². The van der Waals surface area contributed by atoms with Gasteiger partial charge in [-0.25, -0.2) is 0 Å². The molecule has 2 N–H and O–H groups in total. The van der Waals surface area contributed by atoms with Gasteiger partial charge in [0.1, 0.15) is 5.75 Å². The molecular formula is C17H27N3O. The first-order valence-electron chi connectivity index (χ1n) is 8.05. The molecule has 3 rings (SSSR count). The van der Waals surface area contributed by atoms with E-state index in [0.717, 1.165) is 24.4 Å². The Balaban J connectivity index is 1.95. The van der Waals surface area contributed by atoms with E-state index in [0.29, 0.717) is 12.1 Å². The summed E-state index contributed by atoms with van der Waals surface area (Å²) in [5.41, 5.74) is 8.62. The van der Waals surface area contributed by atoms with Crippen LogP contribution < -0.4 is 15.4 Å². The quantitative estimate of drug-likeness (QED) is 0.928. The Kier molecular flexibility index (Phi) is 4.09. The molecule has 2 heterocycles. The standard InChI is InChI=1S/C17H27N3O/c1-12-10-19-9-5-6-14(19)11-20(12)15-7-4-8-16(21-3)17(15)13(2)18/h4,7-8,12-14H,5-6,9-11,18H2,1-3H3. The Morgan fingerprint density at radius 2 is 2.14 bits per heavy atom. The largest absolute Gasteiger partial charge is 0.496 e. The molecule has 0 saturated carbocycles. The molecule has 2 fully saturated rings. The lowest BCUT2D eigenvalue weighted by Crippen LogP contribution is -2.55. The van der Waals surface area contributed by atoms with Crippen LogP contribution in [0.25, 0.3) is 0 Å². The molecule has 21 heavy (non-hydrogen) atoms. The highest BCUT2D eigenvalue weighted by Gasteiger charge is 2.35. The zero-order chi connectivity index (χ0) is 15.0. The lowest BCUT2D eigenvalue weighted by molar-refractivity contribution is 0.202. The highest BCUT2D eigenvalue weighted by atomic mass is 16.5. The van der Waals surface area contributed by atoms with Gasteiger partial charge in [-0.2, -0.15) is 0 Å².